The van der Waals surface area contributed by atoms with Crippen LogP contribution in [0.5, 0.6) is 5.75 Å². The summed E-state index contributed by atoms with van der Waals surface area (Å²) in [7, 11) is 4.06. The van der Waals surface area contributed by atoms with Gasteiger partial charge in [0.05, 0.1) is 5.52 Å². The van der Waals surface area contributed by atoms with Gasteiger partial charge in [-0.1, -0.05) is 0 Å². The van der Waals surface area contributed by atoms with Gasteiger partial charge >= 0.3 is 0 Å². The van der Waals surface area contributed by atoms with Crippen molar-refractivity contribution >= 4 is 10.9 Å². The molecule has 4 heteroatoms. The molecule has 1 aromatic heterocycles. The van der Waals surface area contributed by atoms with Gasteiger partial charge in [-0.2, -0.15) is 0 Å². The average molecular weight is 276 g/mol. The lowest BCUT2D eigenvalue weighted by Crippen LogP contribution is -2.14. The first-order valence-corrected chi connectivity index (χ1v) is 7.19. The van der Waals surface area contributed by atoms with E-state index in [0.717, 1.165) is 41.9 Å². The number of hydrogen-bond donors (Lipinski definition) is 1. The molecule has 0 atom stereocenters. The van der Waals surface area contributed by atoms with Crippen molar-refractivity contribution < 1.29 is 9.50 Å². The lowest BCUT2D eigenvalue weighted by Gasteiger charge is -2.08. The maximum atomic E-state index is 13.6. The highest BCUT2D eigenvalue weighted by atomic mass is 19.1. The van der Waals surface area contributed by atoms with Crippen molar-refractivity contribution in [3.63, 3.8) is 0 Å². The standard InChI is InChI=1S/C16H21FN2O/c1-18(2)6-5-12-10-19(9-11-3-4-11)14-7-13(17)8-15(20)16(12)14/h7-8,10-11,20H,3-6,9H2,1-2H3. The number of hydrogen-bond acceptors (Lipinski definition) is 2. The normalized spacial score (nSPS) is 15.4. The molecular formula is C16H21FN2O. The first-order chi connectivity index (χ1) is 9.54. The molecule has 0 spiro atoms. The molecule has 3 rings (SSSR count). The predicted molar refractivity (Wildman–Crippen MR) is 78.5 cm³/mol. The summed E-state index contributed by atoms with van der Waals surface area (Å²) in [6.07, 6.45) is 5.47. The van der Waals surface area contributed by atoms with Crippen molar-refractivity contribution in [1.82, 2.24) is 9.47 Å². The van der Waals surface area contributed by atoms with Gasteiger partial charge in [0.25, 0.3) is 0 Å². The first-order valence-electron chi connectivity index (χ1n) is 7.19. The summed E-state index contributed by atoms with van der Waals surface area (Å²) in [6, 6.07) is 2.75. The molecule has 1 aromatic carbocycles. The predicted octanol–water partition coefficient (Wildman–Crippen LogP) is 3.00. The first kappa shape index (κ1) is 13.4. The van der Waals surface area contributed by atoms with Gasteiger partial charge in [0.15, 0.2) is 0 Å². The Labute approximate surface area is 118 Å². The quantitative estimate of drug-likeness (QED) is 0.909. The molecule has 0 bridgehead atoms. The molecule has 0 amide bonds. The van der Waals surface area contributed by atoms with Crippen LogP contribution >= 0.6 is 0 Å². The number of phenolic OH excluding ortho intramolecular Hbond substituents is 1. The number of halogens is 1. The Bertz CT molecular complexity index is 629. The number of phenols is 1. The Morgan fingerprint density at radius 3 is 2.75 bits per heavy atom. The number of benzene rings is 1. The summed E-state index contributed by atoms with van der Waals surface area (Å²) >= 11 is 0. The molecule has 1 N–H and O–H groups in total. The molecule has 0 aliphatic heterocycles. The van der Waals surface area contributed by atoms with Crippen molar-refractivity contribution in [3.05, 3.63) is 29.7 Å². The van der Waals surface area contributed by atoms with Gasteiger partial charge < -0.3 is 14.6 Å². The van der Waals surface area contributed by atoms with Gasteiger partial charge in [0, 0.05) is 30.7 Å². The average Bonchev–Trinajstić information content (AvgIpc) is 3.10. The van der Waals surface area contributed by atoms with E-state index in [9.17, 15) is 9.50 Å². The van der Waals surface area contributed by atoms with E-state index in [0.29, 0.717) is 0 Å². The molecule has 1 aliphatic carbocycles. The molecule has 2 aromatic rings. The SMILES string of the molecule is CN(C)CCc1cn(CC2CC2)c2cc(F)cc(O)c12. The van der Waals surface area contributed by atoms with E-state index in [-0.39, 0.29) is 11.6 Å². The van der Waals surface area contributed by atoms with E-state index in [1.54, 1.807) is 0 Å². The monoisotopic (exact) mass is 276 g/mol. The van der Waals surface area contributed by atoms with E-state index < -0.39 is 0 Å². The van der Waals surface area contributed by atoms with Crippen LogP contribution in [0.2, 0.25) is 0 Å². The Morgan fingerprint density at radius 2 is 2.10 bits per heavy atom. The second kappa shape index (κ2) is 5.09. The van der Waals surface area contributed by atoms with Crippen LogP contribution in [0.1, 0.15) is 18.4 Å². The number of nitrogens with zero attached hydrogens (tertiary/aromatic N) is 2. The lowest BCUT2D eigenvalue weighted by atomic mass is 10.1. The maximum absolute atomic E-state index is 13.6. The lowest BCUT2D eigenvalue weighted by molar-refractivity contribution is 0.413. The van der Waals surface area contributed by atoms with E-state index in [1.165, 1.54) is 25.0 Å². The summed E-state index contributed by atoms with van der Waals surface area (Å²) in [4.78, 5) is 2.12. The molecule has 3 nitrogen and oxygen atoms in total. The highest BCUT2D eigenvalue weighted by molar-refractivity contribution is 5.89. The zero-order valence-electron chi connectivity index (χ0n) is 12.1. The van der Waals surface area contributed by atoms with Crippen LogP contribution in [0.15, 0.2) is 18.3 Å². The van der Waals surface area contributed by atoms with E-state index in [1.807, 2.05) is 14.1 Å². The number of rotatable bonds is 5. The molecular weight excluding hydrogens is 255 g/mol. The summed E-state index contributed by atoms with van der Waals surface area (Å²) in [6.45, 7) is 1.85. The largest absolute Gasteiger partial charge is 0.507 e. The van der Waals surface area contributed by atoms with Crippen LogP contribution < -0.4 is 0 Å². The Hall–Kier alpha value is -1.55. The van der Waals surface area contributed by atoms with Gasteiger partial charge in [-0.15, -0.1) is 0 Å². The van der Waals surface area contributed by atoms with Crippen LogP contribution in [0.25, 0.3) is 10.9 Å². The van der Waals surface area contributed by atoms with Crippen molar-refractivity contribution in [3.8, 4) is 5.75 Å². The highest BCUT2D eigenvalue weighted by Crippen LogP contribution is 2.36. The van der Waals surface area contributed by atoms with Crippen LogP contribution in [0.3, 0.4) is 0 Å². The number of aromatic hydroxyl groups is 1. The molecule has 0 saturated heterocycles. The van der Waals surface area contributed by atoms with Crippen LogP contribution in [0.4, 0.5) is 4.39 Å². The molecule has 1 saturated carbocycles. The molecule has 0 radical (unpaired) electrons. The van der Waals surface area contributed by atoms with Gasteiger partial charge in [-0.25, -0.2) is 4.39 Å². The maximum Gasteiger partial charge on any atom is 0.129 e. The minimum Gasteiger partial charge on any atom is -0.507 e. The Kier molecular flexibility index (Phi) is 3.42. The fraction of sp³-hybridized carbons (Fsp3) is 0.500. The zero-order chi connectivity index (χ0) is 14.3. The van der Waals surface area contributed by atoms with Crippen molar-refractivity contribution in [2.75, 3.05) is 20.6 Å². The van der Waals surface area contributed by atoms with Crippen molar-refractivity contribution in [2.24, 2.45) is 5.92 Å². The highest BCUT2D eigenvalue weighted by Gasteiger charge is 2.23. The number of aromatic nitrogens is 1. The van der Waals surface area contributed by atoms with Crippen LogP contribution in [-0.4, -0.2) is 35.2 Å². The topological polar surface area (TPSA) is 28.4 Å². The van der Waals surface area contributed by atoms with Gasteiger partial charge in [-0.05, 0) is 50.9 Å². The molecule has 1 fully saturated rings. The summed E-state index contributed by atoms with van der Waals surface area (Å²) < 4.78 is 15.7. The molecule has 108 valence electrons. The van der Waals surface area contributed by atoms with Gasteiger partial charge in [0.2, 0.25) is 0 Å². The fourth-order valence-electron chi connectivity index (χ4n) is 2.72. The summed E-state index contributed by atoms with van der Waals surface area (Å²) in [5, 5.41) is 10.9. The number of likely N-dealkylation sites (N-methyl/N-ethyl adjacent to an activating group) is 1. The second-order valence-corrected chi connectivity index (χ2v) is 6.12. The van der Waals surface area contributed by atoms with Crippen LogP contribution in [-0.2, 0) is 13.0 Å². The third-order valence-electron chi connectivity index (χ3n) is 3.98. The minimum atomic E-state index is -0.371. The third-order valence-corrected chi connectivity index (χ3v) is 3.98. The van der Waals surface area contributed by atoms with E-state index in [2.05, 4.69) is 15.7 Å². The third kappa shape index (κ3) is 2.66. The van der Waals surface area contributed by atoms with Gasteiger partial charge in [-0.3, -0.25) is 0 Å². The summed E-state index contributed by atoms with van der Waals surface area (Å²) in [5.41, 5.74) is 1.93. The smallest absolute Gasteiger partial charge is 0.129 e. The Balaban J connectivity index is 2.03. The second-order valence-electron chi connectivity index (χ2n) is 6.12. The van der Waals surface area contributed by atoms with Crippen molar-refractivity contribution in [2.45, 2.75) is 25.8 Å². The van der Waals surface area contributed by atoms with Crippen LogP contribution in [0, 0.1) is 11.7 Å². The molecule has 0 unspecified atom stereocenters. The van der Waals surface area contributed by atoms with Gasteiger partial charge in [0.1, 0.15) is 11.6 Å². The molecule has 1 heterocycles. The van der Waals surface area contributed by atoms with Crippen molar-refractivity contribution in [1.29, 1.82) is 0 Å². The number of fused-ring (bicyclic) bond motifs is 1. The zero-order valence-corrected chi connectivity index (χ0v) is 12.1. The molecule has 20 heavy (non-hydrogen) atoms. The fourth-order valence-corrected chi connectivity index (χ4v) is 2.72. The minimum absolute atomic E-state index is 0.0586. The Morgan fingerprint density at radius 1 is 1.35 bits per heavy atom. The summed E-state index contributed by atoms with van der Waals surface area (Å²) in [5.74, 6) is 0.408. The van der Waals surface area contributed by atoms with E-state index in [4.69, 9.17) is 0 Å². The molecule has 1 aliphatic rings. The van der Waals surface area contributed by atoms with E-state index >= 15 is 0 Å².